The lowest BCUT2D eigenvalue weighted by molar-refractivity contribution is 0.194. The smallest absolute Gasteiger partial charge is 0.143 e. The highest BCUT2D eigenvalue weighted by molar-refractivity contribution is 5.59. The molecular weight excluding hydrogens is 276 g/mol. The van der Waals surface area contributed by atoms with E-state index in [9.17, 15) is 0 Å². The molecule has 126 valence electrons. The van der Waals surface area contributed by atoms with Crippen LogP contribution in [0.1, 0.15) is 39.7 Å². The zero-order chi connectivity index (χ0) is 16.4. The Morgan fingerprint density at radius 1 is 1.18 bits per heavy atom. The van der Waals surface area contributed by atoms with Gasteiger partial charge in [0.05, 0.1) is 11.8 Å². The third-order valence-corrected chi connectivity index (χ3v) is 3.52. The molecule has 0 aliphatic heterocycles. The van der Waals surface area contributed by atoms with Crippen molar-refractivity contribution < 1.29 is 9.47 Å². The molecule has 4 nitrogen and oxygen atoms in total. The fraction of sp³-hybridized carbons (Fsp3) is 0.667. The molecule has 4 heteroatoms. The first-order valence-corrected chi connectivity index (χ1v) is 8.36. The molecule has 0 aliphatic rings. The van der Waals surface area contributed by atoms with Crippen molar-refractivity contribution in [2.45, 2.75) is 46.8 Å². The van der Waals surface area contributed by atoms with Gasteiger partial charge in [0.25, 0.3) is 0 Å². The van der Waals surface area contributed by atoms with Crippen LogP contribution in [0, 0.1) is 0 Å². The van der Waals surface area contributed by atoms with Gasteiger partial charge in [-0.15, -0.1) is 0 Å². The van der Waals surface area contributed by atoms with Crippen molar-refractivity contribution in [3.8, 4) is 5.75 Å². The number of methoxy groups -OCH3 is 1. The molecule has 1 aromatic rings. The molecule has 0 spiro atoms. The summed E-state index contributed by atoms with van der Waals surface area (Å²) in [5.74, 6) is 0.981. The molecule has 0 saturated carbocycles. The molecule has 0 radical (unpaired) electrons. The van der Waals surface area contributed by atoms with Gasteiger partial charge >= 0.3 is 0 Å². The fourth-order valence-corrected chi connectivity index (χ4v) is 2.42. The van der Waals surface area contributed by atoms with E-state index in [0.29, 0.717) is 0 Å². The summed E-state index contributed by atoms with van der Waals surface area (Å²) in [7, 11) is 1.74. The van der Waals surface area contributed by atoms with Crippen molar-refractivity contribution in [2.24, 2.45) is 0 Å². The van der Waals surface area contributed by atoms with Crippen LogP contribution >= 0.6 is 0 Å². The van der Waals surface area contributed by atoms with E-state index in [1.54, 1.807) is 7.11 Å². The Balaban J connectivity index is 2.76. The summed E-state index contributed by atoms with van der Waals surface area (Å²) in [6.45, 7) is 13.1. The van der Waals surface area contributed by atoms with E-state index in [0.717, 1.165) is 45.0 Å². The second-order valence-electron chi connectivity index (χ2n) is 5.66. The first kappa shape index (κ1) is 18.8. The molecule has 0 aromatic heterocycles. The van der Waals surface area contributed by atoms with Crippen LogP contribution in [0.25, 0.3) is 0 Å². The maximum atomic E-state index is 6.03. The predicted molar refractivity (Wildman–Crippen MR) is 94.0 cm³/mol. The molecule has 22 heavy (non-hydrogen) atoms. The van der Waals surface area contributed by atoms with Gasteiger partial charge < -0.3 is 19.7 Å². The van der Waals surface area contributed by atoms with Crippen molar-refractivity contribution in [1.29, 1.82) is 0 Å². The summed E-state index contributed by atoms with van der Waals surface area (Å²) >= 11 is 0. The normalized spacial score (nSPS) is 11.0. The van der Waals surface area contributed by atoms with E-state index in [-0.39, 0.29) is 6.10 Å². The minimum Gasteiger partial charge on any atom is -0.489 e. The SMILES string of the molecule is CCN(CC)c1ccc(CNCCCOC)cc1OC(C)C. The Hall–Kier alpha value is -1.26. The van der Waals surface area contributed by atoms with Gasteiger partial charge in [0, 0.05) is 33.4 Å². The van der Waals surface area contributed by atoms with Gasteiger partial charge in [0.1, 0.15) is 5.75 Å². The van der Waals surface area contributed by atoms with Crippen LogP contribution in [0.4, 0.5) is 5.69 Å². The predicted octanol–water partition coefficient (Wildman–Crippen LogP) is 3.45. The van der Waals surface area contributed by atoms with Crippen molar-refractivity contribution in [3.63, 3.8) is 0 Å². The zero-order valence-corrected chi connectivity index (χ0v) is 14.8. The van der Waals surface area contributed by atoms with Crippen LogP contribution in [0.5, 0.6) is 5.75 Å². The second kappa shape index (κ2) is 10.5. The van der Waals surface area contributed by atoms with Gasteiger partial charge in [-0.3, -0.25) is 0 Å². The first-order chi connectivity index (χ1) is 10.6. The molecule has 1 rings (SSSR count). The first-order valence-electron chi connectivity index (χ1n) is 8.36. The second-order valence-corrected chi connectivity index (χ2v) is 5.66. The average molecular weight is 308 g/mol. The molecule has 0 heterocycles. The molecule has 0 amide bonds. The summed E-state index contributed by atoms with van der Waals surface area (Å²) in [6, 6.07) is 6.53. The number of benzene rings is 1. The van der Waals surface area contributed by atoms with Gasteiger partial charge in [-0.1, -0.05) is 6.07 Å². The van der Waals surface area contributed by atoms with Crippen LogP contribution < -0.4 is 15.0 Å². The molecular formula is C18H32N2O2. The van der Waals surface area contributed by atoms with E-state index in [1.807, 2.05) is 0 Å². The van der Waals surface area contributed by atoms with Crippen LogP contribution in [-0.2, 0) is 11.3 Å². The van der Waals surface area contributed by atoms with Gasteiger partial charge in [-0.25, -0.2) is 0 Å². The highest BCUT2D eigenvalue weighted by atomic mass is 16.5. The van der Waals surface area contributed by atoms with Gasteiger partial charge in [0.15, 0.2) is 0 Å². The summed E-state index contributed by atoms with van der Waals surface area (Å²) in [5, 5.41) is 3.44. The Labute approximate surface area is 135 Å². The van der Waals surface area contributed by atoms with Gasteiger partial charge in [0.2, 0.25) is 0 Å². The summed E-state index contributed by atoms with van der Waals surface area (Å²) in [5.41, 5.74) is 2.44. The Morgan fingerprint density at radius 2 is 1.91 bits per heavy atom. The van der Waals surface area contributed by atoms with Crippen LogP contribution in [-0.4, -0.2) is 39.5 Å². The van der Waals surface area contributed by atoms with Crippen molar-refractivity contribution in [2.75, 3.05) is 38.3 Å². The molecule has 0 bridgehead atoms. The number of hydrogen-bond acceptors (Lipinski definition) is 4. The fourth-order valence-electron chi connectivity index (χ4n) is 2.42. The maximum Gasteiger partial charge on any atom is 0.143 e. The van der Waals surface area contributed by atoms with Crippen molar-refractivity contribution in [3.05, 3.63) is 23.8 Å². The van der Waals surface area contributed by atoms with E-state index in [1.165, 1.54) is 11.3 Å². The minimum absolute atomic E-state index is 0.180. The largest absolute Gasteiger partial charge is 0.489 e. The van der Waals surface area contributed by atoms with E-state index in [2.05, 4.69) is 56.1 Å². The molecule has 0 atom stereocenters. The Kier molecular flexibility index (Phi) is 8.94. The lowest BCUT2D eigenvalue weighted by Crippen LogP contribution is -2.23. The lowest BCUT2D eigenvalue weighted by atomic mass is 10.1. The monoisotopic (exact) mass is 308 g/mol. The van der Waals surface area contributed by atoms with E-state index >= 15 is 0 Å². The van der Waals surface area contributed by atoms with E-state index in [4.69, 9.17) is 9.47 Å². The molecule has 0 fully saturated rings. The maximum absolute atomic E-state index is 6.03. The number of anilines is 1. The quantitative estimate of drug-likeness (QED) is 0.635. The molecule has 0 saturated heterocycles. The topological polar surface area (TPSA) is 33.7 Å². The highest BCUT2D eigenvalue weighted by Gasteiger charge is 2.11. The third kappa shape index (κ3) is 6.24. The molecule has 1 N–H and O–H groups in total. The molecule has 0 aliphatic carbocycles. The number of nitrogens with zero attached hydrogens (tertiary/aromatic N) is 1. The van der Waals surface area contributed by atoms with Gasteiger partial charge in [-0.2, -0.15) is 0 Å². The highest BCUT2D eigenvalue weighted by Crippen LogP contribution is 2.30. The molecule has 1 aromatic carbocycles. The van der Waals surface area contributed by atoms with Crippen LogP contribution in [0.2, 0.25) is 0 Å². The Bertz CT molecular complexity index is 418. The standard InChI is InChI=1S/C18H32N2O2/c1-6-20(7-2)17-10-9-16(13-18(17)22-15(3)4)14-19-11-8-12-21-5/h9-10,13,15,19H,6-8,11-12,14H2,1-5H3. The van der Waals surface area contributed by atoms with Gasteiger partial charge in [-0.05, 0) is 58.4 Å². The number of hydrogen-bond donors (Lipinski definition) is 1. The van der Waals surface area contributed by atoms with Crippen LogP contribution in [0.15, 0.2) is 18.2 Å². The zero-order valence-electron chi connectivity index (χ0n) is 14.8. The average Bonchev–Trinajstić information content (AvgIpc) is 2.49. The summed E-state index contributed by atoms with van der Waals surface area (Å²) < 4.78 is 11.1. The lowest BCUT2D eigenvalue weighted by Gasteiger charge is -2.25. The number of nitrogens with one attached hydrogen (secondary N) is 1. The van der Waals surface area contributed by atoms with E-state index < -0.39 is 0 Å². The summed E-state index contributed by atoms with van der Waals surface area (Å²) in [4.78, 5) is 2.33. The minimum atomic E-state index is 0.180. The Morgan fingerprint density at radius 3 is 2.50 bits per heavy atom. The number of rotatable bonds is 11. The third-order valence-electron chi connectivity index (χ3n) is 3.52. The van der Waals surface area contributed by atoms with Crippen LogP contribution in [0.3, 0.4) is 0 Å². The summed E-state index contributed by atoms with van der Waals surface area (Å²) in [6.07, 6.45) is 1.21. The van der Waals surface area contributed by atoms with Crippen molar-refractivity contribution >= 4 is 5.69 Å². The molecule has 0 unspecified atom stereocenters. The number of ether oxygens (including phenoxy) is 2. The van der Waals surface area contributed by atoms with Crippen molar-refractivity contribution in [1.82, 2.24) is 5.32 Å².